The maximum Gasteiger partial charge on any atom is 0.269 e. The highest BCUT2D eigenvalue weighted by atomic mass is 32.2. The van der Waals surface area contributed by atoms with E-state index in [1.807, 2.05) is 13.0 Å². The number of halogens is 1. The molecule has 3 heterocycles. The van der Waals surface area contributed by atoms with Crippen molar-refractivity contribution in [1.29, 1.82) is 0 Å². The van der Waals surface area contributed by atoms with Crippen molar-refractivity contribution in [1.82, 2.24) is 24.5 Å². The Balaban J connectivity index is 1.69. The third-order valence-electron chi connectivity index (χ3n) is 5.98. The van der Waals surface area contributed by atoms with Crippen LogP contribution in [0.2, 0.25) is 0 Å². The van der Waals surface area contributed by atoms with Gasteiger partial charge in [-0.2, -0.15) is 4.98 Å². The number of hydrogen-bond donors (Lipinski definition) is 3. The lowest BCUT2D eigenvalue weighted by molar-refractivity contribution is 0.630. The predicted octanol–water partition coefficient (Wildman–Crippen LogP) is 3.50. The van der Waals surface area contributed by atoms with Crippen molar-refractivity contribution < 1.29 is 8.60 Å². The number of nitrogens with zero attached hydrogens (tertiary/aromatic N) is 5. The number of aromatic nitrogens is 5. The second kappa shape index (κ2) is 10.4. The topological polar surface area (TPSA) is 155 Å². The number of rotatable bonds is 7. The van der Waals surface area contributed by atoms with E-state index >= 15 is 0 Å². The van der Waals surface area contributed by atoms with Crippen LogP contribution >= 0.6 is 0 Å². The molecule has 3 aromatic heterocycles. The number of para-hydroxylation sites is 1. The normalized spacial score (nSPS) is 12.8. The monoisotopic (exact) mass is 530 g/mol. The zero-order valence-electron chi connectivity index (χ0n) is 20.2. The fraction of sp³-hybridized carbons (Fsp3) is 0.115. The molecule has 0 aliphatic heterocycles. The number of fused-ring (bicyclic) bond motifs is 1. The van der Waals surface area contributed by atoms with E-state index in [1.54, 1.807) is 42.6 Å². The molecule has 2 atom stereocenters. The first-order valence-electron chi connectivity index (χ1n) is 11.6. The van der Waals surface area contributed by atoms with Crippen LogP contribution in [-0.4, -0.2) is 28.7 Å². The van der Waals surface area contributed by atoms with Crippen LogP contribution in [0, 0.1) is 5.82 Å². The molecule has 0 aliphatic rings. The van der Waals surface area contributed by atoms with Gasteiger partial charge in [0.05, 0.1) is 22.1 Å². The Morgan fingerprint density at radius 3 is 2.61 bits per heavy atom. The maximum absolute atomic E-state index is 14.7. The lowest BCUT2D eigenvalue weighted by Gasteiger charge is -2.23. The number of hydrogen-bond acceptors (Lipinski definition) is 8. The Labute approximate surface area is 219 Å². The minimum Gasteiger partial charge on any atom is -0.368 e. The molecule has 0 spiro atoms. The second-order valence-electron chi connectivity index (χ2n) is 8.38. The lowest BCUT2D eigenvalue weighted by Crippen LogP contribution is -2.29. The first kappa shape index (κ1) is 25.1. The summed E-state index contributed by atoms with van der Waals surface area (Å²) in [5.74, 6) is 0.0820. The van der Waals surface area contributed by atoms with E-state index in [2.05, 4.69) is 20.3 Å². The molecule has 2 unspecified atom stereocenters. The van der Waals surface area contributed by atoms with E-state index < -0.39 is 28.4 Å². The molecule has 0 bridgehead atoms. The number of anilines is 2. The van der Waals surface area contributed by atoms with Gasteiger partial charge in [0.25, 0.3) is 5.56 Å². The van der Waals surface area contributed by atoms with Gasteiger partial charge in [0.2, 0.25) is 5.95 Å². The summed E-state index contributed by atoms with van der Waals surface area (Å²) in [5.41, 5.74) is 7.25. The Morgan fingerprint density at radius 1 is 1.08 bits per heavy atom. The minimum absolute atomic E-state index is 0.0200. The Kier molecular flexibility index (Phi) is 6.90. The van der Waals surface area contributed by atoms with Gasteiger partial charge in [-0.3, -0.25) is 14.3 Å². The van der Waals surface area contributed by atoms with Crippen molar-refractivity contribution in [3.63, 3.8) is 0 Å². The summed E-state index contributed by atoms with van der Waals surface area (Å²) in [6.45, 7) is 1.92. The molecule has 5 N–H and O–H groups in total. The van der Waals surface area contributed by atoms with E-state index in [4.69, 9.17) is 15.9 Å². The predicted molar refractivity (Wildman–Crippen MR) is 144 cm³/mol. The van der Waals surface area contributed by atoms with Gasteiger partial charge in [0, 0.05) is 29.7 Å². The van der Waals surface area contributed by atoms with Gasteiger partial charge in [-0.05, 0) is 36.8 Å². The summed E-state index contributed by atoms with van der Waals surface area (Å²) in [4.78, 5) is 31.3. The van der Waals surface area contributed by atoms with Crippen LogP contribution in [0.4, 0.5) is 16.2 Å². The van der Waals surface area contributed by atoms with Crippen molar-refractivity contribution in [3.8, 4) is 16.8 Å². The van der Waals surface area contributed by atoms with Crippen molar-refractivity contribution in [2.24, 2.45) is 5.14 Å². The quantitative estimate of drug-likeness (QED) is 0.289. The number of nitrogens with two attached hydrogens (primary N) is 2. The highest BCUT2D eigenvalue weighted by Crippen LogP contribution is 2.31. The molecule has 0 saturated heterocycles. The second-order valence-corrected chi connectivity index (χ2v) is 9.45. The van der Waals surface area contributed by atoms with E-state index in [0.29, 0.717) is 39.8 Å². The average Bonchev–Trinajstić information content (AvgIpc) is 2.92. The molecule has 2 aromatic carbocycles. The summed E-state index contributed by atoms with van der Waals surface area (Å²) >= 11 is 0. The number of nitrogen functional groups attached to an aromatic ring is 1. The summed E-state index contributed by atoms with van der Waals surface area (Å²) in [5, 5.41) is 8.78. The summed E-state index contributed by atoms with van der Waals surface area (Å²) in [6.07, 6.45) is 4.98. The molecule has 5 aromatic rings. The van der Waals surface area contributed by atoms with Crippen molar-refractivity contribution in [2.45, 2.75) is 24.3 Å². The largest absolute Gasteiger partial charge is 0.368 e. The molecule has 38 heavy (non-hydrogen) atoms. The van der Waals surface area contributed by atoms with Gasteiger partial charge in [-0.1, -0.05) is 31.2 Å². The third-order valence-corrected chi connectivity index (χ3v) is 6.67. The summed E-state index contributed by atoms with van der Waals surface area (Å²) in [6, 6.07) is 14.3. The number of nitrogens with one attached hydrogen (secondary N) is 1. The molecule has 0 aliphatic carbocycles. The van der Waals surface area contributed by atoms with Gasteiger partial charge in [-0.25, -0.2) is 23.7 Å². The number of benzene rings is 2. The average molecular weight is 531 g/mol. The van der Waals surface area contributed by atoms with E-state index in [0.717, 1.165) is 0 Å². The SMILES string of the molecule is CCC(Nc1nc(N)ncc1-c1cncc(S(N)=O)c1)c1nc2cccc(F)c2c(=O)n1-c1ccccc1. The van der Waals surface area contributed by atoms with Gasteiger partial charge in [-0.15, -0.1) is 0 Å². The van der Waals surface area contributed by atoms with Crippen LogP contribution in [0.25, 0.3) is 27.7 Å². The third kappa shape index (κ3) is 4.74. The first-order valence-corrected chi connectivity index (χ1v) is 12.9. The molecule has 0 radical (unpaired) electrons. The fourth-order valence-electron chi connectivity index (χ4n) is 4.17. The Morgan fingerprint density at radius 2 is 1.87 bits per heavy atom. The lowest BCUT2D eigenvalue weighted by atomic mass is 10.1. The van der Waals surface area contributed by atoms with Crippen LogP contribution in [0.1, 0.15) is 25.2 Å². The zero-order chi connectivity index (χ0) is 26.8. The Hall–Kier alpha value is -4.55. The molecule has 0 fully saturated rings. The van der Waals surface area contributed by atoms with Crippen LogP contribution in [0.5, 0.6) is 0 Å². The standard InChI is InChI=1S/C26H23FN8O2S/c1-2-20(32-23-18(14-31-26(28)34-23)15-11-17(38(29)37)13-30-12-15)24-33-21-10-6-9-19(27)22(21)25(36)35(24)16-7-4-3-5-8-16/h3-14,20H,2,29H2,1H3,(H3,28,31,32,34). The molecule has 0 amide bonds. The minimum atomic E-state index is -1.74. The van der Waals surface area contributed by atoms with E-state index in [9.17, 15) is 13.4 Å². The van der Waals surface area contributed by atoms with Crippen LogP contribution < -0.4 is 21.7 Å². The molecule has 0 saturated carbocycles. The maximum atomic E-state index is 14.7. The molecular weight excluding hydrogens is 507 g/mol. The van der Waals surface area contributed by atoms with E-state index in [1.165, 1.54) is 29.1 Å². The molecular formula is C26H23FN8O2S. The molecule has 12 heteroatoms. The molecule has 10 nitrogen and oxygen atoms in total. The number of pyridine rings is 1. The highest BCUT2D eigenvalue weighted by Gasteiger charge is 2.23. The summed E-state index contributed by atoms with van der Waals surface area (Å²) < 4.78 is 28.0. The first-order chi connectivity index (χ1) is 18.4. The van der Waals surface area contributed by atoms with Gasteiger partial charge in [0.15, 0.2) is 0 Å². The van der Waals surface area contributed by atoms with Gasteiger partial charge < -0.3 is 11.1 Å². The molecule has 5 rings (SSSR count). The van der Waals surface area contributed by atoms with E-state index in [-0.39, 0.29) is 16.9 Å². The van der Waals surface area contributed by atoms with Gasteiger partial charge in [0.1, 0.15) is 33.8 Å². The van der Waals surface area contributed by atoms with Crippen molar-refractivity contribution in [3.05, 3.63) is 95.2 Å². The zero-order valence-corrected chi connectivity index (χ0v) is 21.0. The smallest absolute Gasteiger partial charge is 0.269 e. The molecule has 192 valence electrons. The highest BCUT2D eigenvalue weighted by molar-refractivity contribution is 7.82. The fourth-order valence-corrected chi connectivity index (χ4v) is 4.58. The van der Waals surface area contributed by atoms with Crippen molar-refractivity contribution >= 4 is 33.7 Å². The van der Waals surface area contributed by atoms with Crippen molar-refractivity contribution in [2.75, 3.05) is 11.1 Å². The van der Waals surface area contributed by atoms with Gasteiger partial charge >= 0.3 is 0 Å². The summed E-state index contributed by atoms with van der Waals surface area (Å²) in [7, 11) is -1.74. The van der Waals surface area contributed by atoms with Crippen LogP contribution in [0.15, 0.2) is 82.9 Å². The van der Waals surface area contributed by atoms with Crippen LogP contribution in [-0.2, 0) is 11.0 Å². The Bertz CT molecular complexity index is 1730. The van der Waals surface area contributed by atoms with Crippen LogP contribution in [0.3, 0.4) is 0 Å².